The van der Waals surface area contributed by atoms with Gasteiger partial charge in [0, 0.05) is 0 Å². The zero-order chi connectivity index (χ0) is 33.7. The summed E-state index contributed by atoms with van der Waals surface area (Å²) in [5.74, 6) is 4.59. The van der Waals surface area contributed by atoms with E-state index < -0.39 is 0 Å². The number of rotatable bonds is 7. The van der Waals surface area contributed by atoms with Crippen LogP contribution < -0.4 is 0 Å². The normalized spacial score (nSPS) is 20.6. The minimum atomic E-state index is 0.250. The standard InChI is InChI=1S/C9H16.2C7H12.6CO2/c1-4-8-7-9(8,5-2)6-3;2*1-3-6-5-7(6)4-2;6*2-1-3/h4,8H,1,5-7H2,2-3H3;2*3,6-7H,1,4-5H2,2H3;;;;;;/t;6-,7+;;;;;;;/m.1......./s1. The van der Waals surface area contributed by atoms with Crippen molar-refractivity contribution >= 4 is 36.9 Å². The summed E-state index contributed by atoms with van der Waals surface area (Å²) in [4.78, 5) is 97.5. The zero-order valence-electron chi connectivity index (χ0n) is 24.1. The van der Waals surface area contributed by atoms with Gasteiger partial charge < -0.3 is 0 Å². The molecule has 0 bridgehead atoms. The second-order valence-corrected chi connectivity index (χ2v) is 8.22. The molecule has 3 saturated carbocycles. The van der Waals surface area contributed by atoms with Crippen LogP contribution in [-0.2, 0) is 57.5 Å². The Balaban J connectivity index is -0.0000000883. The van der Waals surface area contributed by atoms with Crippen LogP contribution >= 0.6 is 0 Å². The SMILES string of the molecule is C=CC1CC1(CC)CC.C=CC1CC1CC.C=C[C@@H]1C[C@@H]1CC.O=C=O.O=C=O.O=C=O.O=C=O.O=C=O.O=C=O. The van der Waals surface area contributed by atoms with Gasteiger partial charge in [0.2, 0.25) is 0 Å². The molecule has 0 aromatic carbocycles. The number of carbonyl (C=O) groups excluding carboxylic acids is 12. The van der Waals surface area contributed by atoms with Crippen molar-refractivity contribution in [3.8, 4) is 0 Å². The Kier molecular flexibility index (Phi) is 48.2. The van der Waals surface area contributed by atoms with Crippen LogP contribution in [0.4, 0.5) is 0 Å². The first-order chi connectivity index (χ1) is 19.5. The second-order valence-electron chi connectivity index (χ2n) is 8.22. The van der Waals surface area contributed by atoms with Gasteiger partial charge in [-0.25, -0.2) is 0 Å². The largest absolute Gasteiger partial charge is 0.373 e. The van der Waals surface area contributed by atoms with E-state index in [-0.39, 0.29) is 36.9 Å². The highest BCUT2D eigenvalue weighted by atomic mass is 16.2. The topological polar surface area (TPSA) is 205 Å². The predicted octanol–water partition coefficient (Wildman–Crippen LogP) is 3.93. The molecule has 3 aliphatic rings. The van der Waals surface area contributed by atoms with E-state index >= 15 is 0 Å². The Morgan fingerprint density at radius 3 is 0.829 bits per heavy atom. The molecule has 3 rings (SSSR count). The first-order valence-electron chi connectivity index (χ1n) is 12.4. The molecule has 0 saturated heterocycles. The van der Waals surface area contributed by atoms with Crippen LogP contribution in [0.15, 0.2) is 38.0 Å². The molecule has 0 heterocycles. The highest BCUT2D eigenvalue weighted by molar-refractivity contribution is 5.21. The lowest BCUT2D eigenvalue weighted by atomic mass is 9.97. The monoisotopic (exact) mass is 580 g/mol. The quantitative estimate of drug-likeness (QED) is 0.393. The summed E-state index contributed by atoms with van der Waals surface area (Å²) in [6, 6.07) is 0. The lowest BCUT2D eigenvalue weighted by Crippen LogP contribution is -1.97. The molecule has 3 aliphatic carbocycles. The molecular formula is C29H40O12. The van der Waals surface area contributed by atoms with E-state index in [0.717, 1.165) is 29.6 Å². The number of hydrogen-bond acceptors (Lipinski definition) is 12. The molecular weight excluding hydrogens is 540 g/mol. The highest BCUT2D eigenvalue weighted by Gasteiger charge is 2.48. The average molecular weight is 581 g/mol. The van der Waals surface area contributed by atoms with Gasteiger partial charge in [0.25, 0.3) is 0 Å². The smallest absolute Gasteiger partial charge is 0.186 e. The second kappa shape index (κ2) is 40.0. The Hall–Kier alpha value is -4.50. The fourth-order valence-electron chi connectivity index (χ4n) is 3.83. The van der Waals surface area contributed by atoms with E-state index in [1.54, 1.807) is 0 Å². The van der Waals surface area contributed by atoms with Crippen molar-refractivity contribution in [2.24, 2.45) is 35.0 Å². The Bertz CT molecular complexity index is 752. The van der Waals surface area contributed by atoms with Crippen molar-refractivity contribution in [3.05, 3.63) is 38.0 Å². The molecule has 0 aliphatic heterocycles. The molecule has 0 amide bonds. The van der Waals surface area contributed by atoms with Crippen molar-refractivity contribution in [2.75, 3.05) is 0 Å². The molecule has 12 nitrogen and oxygen atoms in total. The van der Waals surface area contributed by atoms with Crippen molar-refractivity contribution in [1.82, 2.24) is 0 Å². The molecule has 0 aromatic heterocycles. The maximum atomic E-state index is 8.12. The summed E-state index contributed by atoms with van der Waals surface area (Å²) < 4.78 is 0. The van der Waals surface area contributed by atoms with E-state index in [2.05, 4.69) is 65.7 Å². The molecule has 3 unspecified atom stereocenters. The molecule has 228 valence electrons. The van der Waals surface area contributed by atoms with Crippen LogP contribution in [0.3, 0.4) is 0 Å². The van der Waals surface area contributed by atoms with Crippen molar-refractivity contribution in [3.63, 3.8) is 0 Å². The molecule has 5 atom stereocenters. The maximum Gasteiger partial charge on any atom is 0.373 e. The van der Waals surface area contributed by atoms with Crippen LogP contribution in [0.5, 0.6) is 0 Å². The van der Waals surface area contributed by atoms with Gasteiger partial charge in [0.05, 0.1) is 0 Å². The Morgan fingerprint density at radius 1 is 0.537 bits per heavy atom. The van der Waals surface area contributed by atoms with Crippen LogP contribution in [0.1, 0.15) is 72.6 Å². The number of allylic oxidation sites excluding steroid dienone is 3. The summed E-state index contributed by atoms with van der Waals surface area (Å²) in [5, 5.41) is 0. The van der Waals surface area contributed by atoms with E-state index in [1.165, 1.54) is 44.9 Å². The van der Waals surface area contributed by atoms with Crippen LogP contribution in [0.2, 0.25) is 0 Å². The van der Waals surface area contributed by atoms with Crippen molar-refractivity contribution in [2.45, 2.75) is 72.6 Å². The number of hydrogen-bond donors (Lipinski definition) is 0. The van der Waals surface area contributed by atoms with Crippen molar-refractivity contribution in [1.29, 1.82) is 0 Å². The molecule has 0 spiro atoms. The lowest BCUT2D eigenvalue weighted by Gasteiger charge is -2.08. The third kappa shape index (κ3) is 37.7. The molecule has 0 aromatic rings. The predicted molar refractivity (Wildman–Crippen MR) is 136 cm³/mol. The Morgan fingerprint density at radius 2 is 0.780 bits per heavy atom. The van der Waals surface area contributed by atoms with Gasteiger partial charge >= 0.3 is 36.9 Å². The molecule has 0 radical (unpaired) electrons. The molecule has 3 fully saturated rings. The van der Waals surface area contributed by atoms with Gasteiger partial charge in [-0.2, -0.15) is 57.5 Å². The van der Waals surface area contributed by atoms with E-state index in [0.29, 0.717) is 5.41 Å². The Labute approximate surface area is 240 Å². The van der Waals surface area contributed by atoms with Gasteiger partial charge in [-0.1, -0.05) is 58.8 Å². The van der Waals surface area contributed by atoms with Crippen LogP contribution in [0, 0.1) is 35.0 Å². The average Bonchev–Trinajstić information content (AvgIpc) is 3.86. The lowest BCUT2D eigenvalue weighted by molar-refractivity contribution is -0.193. The first kappa shape index (κ1) is 49.4. The summed E-state index contributed by atoms with van der Waals surface area (Å²) >= 11 is 0. The first-order valence-corrected chi connectivity index (χ1v) is 12.4. The highest BCUT2D eigenvalue weighted by Crippen LogP contribution is 2.58. The summed E-state index contributed by atoms with van der Waals surface area (Å²) in [6.45, 7) is 20.3. The van der Waals surface area contributed by atoms with Gasteiger partial charge in [0.15, 0.2) is 0 Å². The summed E-state index contributed by atoms with van der Waals surface area (Å²) in [5.41, 5.74) is 0.682. The minimum Gasteiger partial charge on any atom is -0.186 e. The minimum absolute atomic E-state index is 0.250. The fourth-order valence-corrected chi connectivity index (χ4v) is 3.83. The third-order valence-electron chi connectivity index (χ3n) is 6.55. The third-order valence-corrected chi connectivity index (χ3v) is 6.55. The van der Waals surface area contributed by atoms with Gasteiger partial charge in [-0.15, -0.1) is 19.7 Å². The van der Waals surface area contributed by atoms with Gasteiger partial charge in [-0.05, 0) is 67.1 Å². The maximum absolute atomic E-state index is 8.12. The van der Waals surface area contributed by atoms with E-state index in [4.69, 9.17) is 57.5 Å². The van der Waals surface area contributed by atoms with Crippen LogP contribution in [-0.4, -0.2) is 36.9 Å². The fraction of sp³-hybridized carbons (Fsp3) is 0.586. The van der Waals surface area contributed by atoms with Crippen LogP contribution in [0.25, 0.3) is 0 Å². The summed E-state index contributed by atoms with van der Waals surface area (Å²) in [7, 11) is 0. The van der Waals surface area contributed by atoms with Gasteiger partial charge in [0.1, 0.15) is 0 Å². The summed E-state index contributed by atoms with van der Waals surface area (Å²) in [6.07, 6.45) is 17.3. The van der Waals surface area contributed by atoms with Gasteiger partial charge in [-0.3, -0.25) is 0 Å². The van der Waals surface area contributed by atoms with Crippen molar-refractivity contribution < 1.29 is 57.5 Å². The van der Waals surface area contributed by atoms with E-state index in [9.17, 15) is 0 Å². The molecule has 12 heteroatoms. The van der Waals surface area contributed by atoms with E-state index in [1.807, 2.05) is 0 Å². The molecule has 0 N–H and O–H groups in total. The molecule has 41 heavy (non-hydrogen) atoms. The zero-order valence-corrected chi connectivity index (χ0v) is 24.1.